The summed E-state index contributed by atoms with van der Waals surface area (Å²) in [5.41, 5.74) is 0. The molecule has 2 amide bonds. The summed E-state index contributed by atoms with van der Waals surface area (Å²) >= 11 is 0. The molecule has 0 aliphatic carbocycles. The molecule has 2 saturated heterocycles. The predicted octanol–water partition coefficient (Wildman–Crippen LogP) is -4.99. The first kappa shape index (κ1) is 24.0. The maximum absolute atomic E-state index is 11.9. The van der Waals surface area contributed by atoms with Gasteiger partial charge in [-0.3, -0.25) is 14.5 Å². The van der Waals surface area contributed by atoms with Crippen LogP contribution in [-0.2, 0) is 23.8 Å². The smallest absolute Gasteiger partial charge is 0.226 e. The summed E-state index contributed by atoms with van der Waals surface area (Å²) in [4.78, 5) is 24.5. The minimum Gasteiger partial charge on any atom is -0.394 e. The summed E-state index contributed by atoms with van der Waals surface area (Å²) in [6.45, 7) is 0.583. The van der Waals surface area contributed by atoms with E-state index in [1.807, 2.05) is 0 Å². The Balaban J connectivity index is 2.34. The van der Waals surface area contributed by atoms with Crippen LogP contribution in [0.5, 0.6) is 0 Å². The van der Waals surface area contributed by atoms with Gasteiger partial charge in [-0.2, -0.15) is 0 Å². The molecule has 0 aromatic heterocycles. The number of ether oxygens (including phenoxy) is 3. The van der Waals surface area contributed by atoms with Crippen molar-refractivity contribution in [2.45, 2.75) is 75.2 Å². The van der Waals surface area contributed by atoms with Crippen molar-refractivity contribution < 1.29 is 59.5 Å². The third-order valence-electron chi connectivity index (χ3n) is 4.94. The fraction of sp³-hybridized carbons (Fsp3) is 0.875. The Hall–Kier alpha value is -1.26. The van der Waals surface area contributed by atoms with E-state index in [-0.39, 0.29) is 0 Å². The largest absolute Gasteiger partial charge is 0.394 e. The summed E-state index contributed by atoms with van der Waals surface area (Å²) in [5.74, 6) is -1.61. The second-order valence-corrected chi connectivity index (χ2v) is 6.94. The van der Waals surface area contributed by atoms with E-state index in [0.29, 0.717) is 4.90 Å². The summed E-state index contributed by atoms with van der Waals surface area (Å²) in [5, 5.41) is 69.1. The van der Waals surface area contributed by atoms with Crippen molar-refractivity contribution in [2.24, 2.45) is 0 Å². The lowest BCUT2D eigenvalue weighted by molar-refractivity contribution is -0.367. The minimum atomic E-state index is -1.82. The minimum absolute atomic E-state index is 0.580. The predicted molar refractivity (Wildman–Crippen MR) is 89.6 cm³/mol. The molecule has 13 nitrogen and oxygen atoms in total. The lowest BCUT2D eigenvalue weighted by Crippen LogP contribution is -2.68. The molecule has 168 valence electrons. The monoisotopic (exact) mass is 425 g/mol. The summed E-state index contributed by atoms with van der Waals surface area (Å²) in [6, 6.07) is -1.59. The van der Waals surface area contributed by atoms with Gasteiger partial charge in [-0.05, 0) is 0 Å². The number of carbonyl (C=O) groups is 2. The van der Waals surface area contributed by atoms with Crippen LogP contribution in [0.15, 0.2) is 0 Å². The number of nitrogens with zero attached hydrogens (tertiary/aromatic N) is 1. The van der Waals surface area contributed by atoms with Gasteiger partial charge in [0, 0.05) is 13.8 Å². The molecule has 13 heteroatoms. The summed E-state index contributed by atoms with van der Waals surface area (Å²) in [7, 11) is 0. The van der Waals surface area contributed by atoms with Crippen LogP contribution < -0.4 is 0 Å². The van der Waals surface area contributed by atoms with Crippen LogP contribution >= 0.6 is 0 Å². The molecule has 2 heterocycles. The lowest BCUT2D eigenvalue weighted by Gasteiger charge is -2.47. The Kier molecular flexibility index (Phi) is 8.03. The zero-order chi connectivity index (χ0) is 22.0. The fourth-order valence-electron chi connectivity index (χ4n) is 3.41. The number of hydrogen-bond donors (Lipinski definition) is 7. The van der Waals surface area contributed by atoms with E-state index < -0.39 is 86.4 Å². The van der Waals surface area contributed by atoms with Crippen molar-refractivity contribution >= 4 is 11.8 Å². The van der Waals surface area contributed by atoms with Gasteiger partial charge in [0.1, 0.15) is 48.8 Å². The Morgan fingerprint density at radius 1 is 0.759 bits per heavy atom. The molecule has 0 aromatic carbocycles. The van der Waals surface area contributed by atoms with Gasteiger partial charge < -0.3 is 50.0 Å². The molecule has 2 fully saturated rings. The Morgan fingerprint density at radius 2 is 1.21 bits per heavy atom. The number of aliphatic hydroxyl groups excluding tert-OH is 7. The molecule has 1 unspecified atom stereocenters. The first-order valence-corrected chi connectivity index (χ1v) is 8.93. The molecule has 2 aliphatic rings. The van der Waals surface area contributed by atoms with Crippen molar-refractivity contribution in [3.8, 4) is 0 Å². The summed E-state index contributed by atoms with van der Waals surface area (Å²) in [6.07, 6.45) is -14.8. The van der Waals surface area contributed by atoms with E-state index in [2.05, 4.69) is 0 Å². The molecule has 29 heavy (non-hydrogen) atoms. The third kappa shape index (κ3) is 4.74. The van der Waals surface area contributed by atoms with E-state index in [4.69, 9.17) is 14.2 Å². The van der Waals surface area contributed by atoms with E-state index in [1.54, 1.807) is 0 Å². The van der Waals surface area contributed by atoms with Crippen LogP contribution in [0.25, 0.3) is 0 Å². The van der Waals surface area contributed by atoms with Gasteiger partial charge in [-0.25, -0.2) is 0 Å². The van der Waals surface area contributed by atoms with Crippen molar-refractivity contribution in [3.63, 3.8) is 0 Å². The SMILES string of the molecule is CC(=O)N(C(C)=O)[C@H]1C(O[C@H]2O[C@H](CO)[C@@H](O)[C@H](O)[C@@H]2O)O[C@H](CO)[C@@H](O)[C@@H]1O. The van der Waals surface area contributed by atoms with Gasteiger partial charge in [0.25, 0.3) is 0 Å². The molecular formula is C16H27NO12. The number of amides is 2. The van der Waals surface area contributed by atoms with Crippen molar-refractivity contribution in [2.75, 3.05) is 13.2 Å². The van der Waals surface area contributed by atoms with Gasteiger partial charge >= 0.3 is 0 Å². The molecule has 2 aliphatic heterocycles. The number of hydrogen-bond acceptors (Lipinski definition) is 12. The van der Waals surface area contributed by atoms with Crippen LogP contribution in [0.2, 0.25) is 0 Å². The Labute approximate surface area is 165 Å². The normalized spacial score (nSPS) is 43.1. The molecule has 2 rings (SSSR count). The van der Waals surface area contributed by atoms with E-state index >= 15 is 0 Å². The van der Waals surface area contributed by atoms with Crippen LogP contribution in [0, 0.1) is 0 Å². The molecule has 0 radical (unpaired) electrons. The molecular weight excluding hydrogens is 398 g/mol. The highest BCUT2D eigenvalue weighted by atomic mass is 16.8. The number of aliphatic hydroxyl groups is 7. The average molecular weight is 425 g/mol. The van der Waals surface area contributed by atoms with Gasteiger partial charge in [0.15, 0.2) is 12.6 Å². The molecule has 0 bridgehead atoms. The van der Waals surface area contributed by atoms with Crippen LogP contribution in [0.3, 0.4) is 0 Å². The molecule has 0 spiro atoms. The number of carbonyl (C=O) groups excluding carboxylic acids is 2. The molecule has 0 saturated carbocycles. The maximum atomic E-state index is 11.9. The first-order chi connectivity index (χ1) is 13.5. The second-order valence-electron chi connectivity index (χ2n) is 6.94. The van der Waals surface area contributed by atoms with Gasteiger partial charge in [-0.15, -0.1) is 0 Å². The average Bonchev–Trinajstić information content (AvgIpc) is 2.66. The zero-order valence-corrected chi connectivity index (χ0v) is 15.8. The van der Waals surface area contributed by atoms with Gasteiger partial charge in [0.05, 0.1) is 13.2 Å². The van der Waals surface area contributed by atoms with Gasteiger partial charge in [-0.1, -0.05) is 0 Å². The quantitative estimate of drug-likeness (QED) is 0.221. The van der Waals surface area contributed by atoms with E-state index in [0.717, 1.165) is 13.8 Å². The lowest BCUT2D eigenvalue weighted by atomic mass is 9.95. The van der Waals surface area contributed by atoms with Crippen LogP contribution in [0.1, 0.15) is 13.8 Å². The van der Waals surface area contributed by atoms with Crippen molar-refractivity contribution in [1.82, 2.24) is 4.90 Å². The highest BCUT2D eigenvalue weighted by molar-refractivity contribution is 5.93. The molecule has 0 aromatic rings. The number of rotatable bonds is 5. The van der Waals surface area contributed by atoms with Crippen LogP contribution in [-0.4, -0.2) is 127 Å². The third-order valence-corrected chi connectivity index (χ3v) is 4.94. The van der Waals surface area contributed by atoms with Crippen molar-refractivity contribution in [1.29, 1.82) is 0 Å². The maximum Gasteiger partial charge on any atom is 0.226 e. The summed E-state index contributed by atoms with van der Waals surface area (Å²) < 4.78 is 16.0. The second kappa shape index (κ2) is 9.70. The fourth-order valence-corrected chi connectivity index (χ4v) is 3.41. The highest BCUT2D eigenvalue weighted by Crippen LogP contribution is 2.30. The topological polar surface area (TPSA) is 207 Å². The number of imide groups is 1. The van der Waals surface area contributed by atoms with E-state index in [9.17, 15) is 45.3 Å². The Bertz CT molecular complexity index is 574. The van der Waals surface area contributed by atoms with E-state index in [1.165, 1.54) is 0 Å². The molecule has 10 atom stereocenters. The van der Waals surface area contributed by atoms with Gasteiger partial charge in [0.2, 0.25) is 11.8 Å². The Morgan fingerprint density at radius 3 is 1.66 bits per heavy atom. The van der Waals surface area contributed by atoms with Crippen LogP contribution in [0.4, 0.5) is 0 Å². The van der Waals surface area contributed by atoms with Crippen molar-refractivity contribution in [3.05, 3.63) is 0 Å². The molecule has 7 N–H and O–H groups in total. The standard InChI is InChI=1S/C16H27NO12/c1-5(20)17(6(2)21)9-12(24)10(22)7(3-18)27-15(9)29-16-14(26)13(25)11(23)8(4-19)28-16/h7-16,18-19,22-26H,3-4H2,1-2H3/t7-,8-,9-,10-,11-,12-,13+,14+,15?,16-/m1/s1. The first-order valence-electron chi connectivity index (χ1n) is 8.93. The highest BCUT2D eigenvalue weighted by Gasteiger charge is 2.52. The zero-order valence-electron chi connectivity index (χ0n) is 15.8.